The van der Waals surface area contributed by atoms with Gasteiger partial charge in [-0.1, -0.05) is 6.42 Å². The molecule has 0 aromatic rings. The number of likely N-dealkylation sites (tertiary alicyclic amines) is 1. The summed E-state index contributed by atoms with van der Waals surface area (Å²) in [6, 6.07) is 0.157. The number of aliphatic imine (C=N–C) groups is 1. The molecule has 10 heteroatoms. The lowest BCUT2D eigenvalue weighted by Gasteiger charge is -2.32. The Bertz CT molecular complexity index is 562. The van der Waals surface area contributed by atoms with Gasteiger partial charge in [-0.05, 0) is 38.5 Å². The van der Waals surface area contributed by atoms with Crippen molar-refractivity contribution < 1.29 is 17.2 Å². The Balaban J connectivity index is 1.73. The molecular formula is C17H33F2N5O2S. The molecule has 1 saturated carbocycles. The zero-order valence-electron chi connectivity index (χ0n) is 16.1. The predicted molar refractivity (Wildman–Crippen MR) is 104 cm³/mol. The smallest absolute Gasteiger partial charge is 0.251 e. The Labute approximate surface area is 161 Å². The SMILES string of the molecule is CCNC(=NCCS(=O)(=O)NCC1CCC1)NC1CCN(CC(F)F)CC1. The van der Waals surface area contributed by atoms with Gasteiger partial charge in [0, 0.05) is 32.2 Å². The van der Waals surface area contributed by atoms with Gasteiger partial charge in [0.05, 0.1) is 18.8 Å². The van der Waals surface area contributed by atoms with Crippen LogP contribution in [0.4, 0.5) is 8.78 Å². The summed E-state index contributed by atoms with van der Waals surface area (Å²) >= 11 is 0. The monoisotopic (exact) mass is 409 g/mol. The lowest BCUT2D eigenvalue weighted by Crippen LogP contribution is -2.49. The van der Waals surface area contributed by atoms with Gasteiger partial charge in [0.2, 0.25) is 10.0 Å². The minimum Gasteiger partial charge on any atom is -0.357 e. The molecule has 0 aromatic heterocycles. The van der Waals surface area contributed by atoms with E-state index in [1.54, 1.807) is 4.90 Å². The quantitative estimate of drug-likeness (QED) is 0.370. The van der Waals surface area contributed by atoms with Crippen LogP contribution in [0.2, 0.25) is 0 Å². The summed E-state index contributed by atoms with van der Waals surface area (Å²) in [4.78, 5) is 6.13. The van der Waals surface area contributed by atoms with Gasteiger partial charge in [-0.3, -0.25) is 9.89 Å². The molecule has 0 amide bonds. The van der Waals surface area contributed by atoms with Gasteiger partial charge in [-0.2, -0.15) is 0 Å². The number of halogens is 2. The highest BCUT2D eigenvalue weighted by atomic mass is 32.2. The van der Waals surface area contributed by atoms with Gasteiger partial charge in [0.25, 0.3) is 6.43 Å². The van der Waals surface area contributed by atoms with E-state index in [-0.39, 0.29) is 24.9 Å². The van der Waals surface area contributed by atoms with Gasteiger partial charge in [-0.25, -0.2) is 21.9 Å². The Kier molecular flexibility index (Phi) is 9.17. The van der Waals surface area contributed by atoms with E-state index in [0.29, 0.717) is 38.1 Å². The average Bonchev–Trinajstić information content (AvgIpc) is 2.54. The molecule has 0 radical (unpaired) electrons. The summed E-state index contributed by atoms with van der Waals surface area (Å²) in [6.45, 7) is 4.40. The molecule has 0 aromatic carbocycles. The number of alkyl halides is 2. The summed E-state index contributed by atoms with van der Waals surface area (Å²) in [6.07, 6.45) is 2.62. The number of guanidine groups is 1. The third kappa shape index (κ3) is 8.69. The van der Waals surface area contributed by atoms with Crippen LogP contribution in [-0.4, -0.2) is 76.8 Å². The highest BCUT2D eigenvalue weighted by molar-refractivity contribution is 7.89. The second-order valence-electron chi connectivity index (χ2n) is 7.34. The highest BCUT2D eigenvalue weighted by Gasteiger charge is 2.22. The summed E-state index contributed by atoms with van der Waals surface area (Å²) in [5.74, 6) is 1.03. The van der Waals surface area contributed by atoms with Crippen LogP contribution in [0.5, 0.6) is 0 Å². The van der Waals surface area contributed by atoms with Crippen molar-refractivity contribution in [1.82, 2.24) is 20.3 Å². The lowest BCUT2D eigenvalue weighted by molar-refractivity contribution is 0.0744. The maximum absolute atomic E-state index is 12.4. The first-order valence-electron chi connectivity index (χ1n) is 9.90. The minimum absolute atomic E-state index is 0.0386. The van der Waals surface area contributed by atoms with Crippen LogP contribution in [0.25, 0.3) is 0 Å². The van der Waals surface area contributed by atoms with Crippen molar-refractivity contribution in [2.24, 2.45) is 10.9 Å². The predicted octanol–water partition coefficient (Wildman–Crippen LogP) is 0.991. The average molecular weight is 410 g/mol. The molecule has 27 heavy (non-hydrogen) atoms. The normalized spacial score (nSPS) is 20.7. The molecule has 3 N–H and O–H groups in total. The van der Waals surface area contributed by atoms with Gasteiger partial charge in [-0.15, -0.1) is 0 Å². The summed E-state index contributed by atoms with van der Waals surface area (Å²) in [5.41, 5.74) is 0. The van der Waals surface area contributed by atoms with Crippen molar-refractivity contribution in [2.75, 3.05) is 45.0 Å². The fraction of sp³-hybridized carbons (Fsp3) is 0.941. The molecule has 7 nitrogen and oxygen atoms in total. The zero-order chi connectivity index (χ0) is 19.7. The minimum atomic E-state index is -3.31. The second-order valence-corrected chi connectivity index (χ2v) is 9.26. The lowest BCUT2D eigenvalue weighted by atomic mass is 9.86. The van der Waals surface area contributed by atoms with Gasteiger partial charge < -0.3 is 10.6 Å². The molecule has 1 saturated heterocycles. The molecule has 0 bridgehead atoms. The van der Waals surface area contributed by atoms with Gasteiger partial charge in [0.15, 0.2) is 5.96 Å². The fourth-order valence-electron chi connectivity index (χ4n) is 3.26. The molecule has 0 atom stereocenters. The van der Waals surface area contributed by atoms with Crippen LogP contribution in [-0.2, 0) is 10.0 Å². The molecule has 2 aliphatic rings. The van der Waals surface area contributed by atoms with Crippen LogP contribution < -0.4 is 15.4 Å². The van der Waals surface area contributed by atoms with Crippen molar-refractivity contribution in [3.8, 4) is 0 Å². The Morgan fingerprint density at radius 2 is 1.93 bits per heavy atom. The van der Waals surface area contributed by atoms with Crippen molar-refractivity contribution in [3.05, 3.63) is 0 Å². The Morgan fingerprint density at radius 3 is 2.48 bits per heavy atom. The molecule has 2 rings (SSSR count). The summed E-state index contributed by atoms with van der Waals surface area (Å²) in [5, 5.41) is 6.41. The van der Waals surface area contributed by atoms with E-state index < -0.39 is 16.4 Å². The first-order valence-corrected chi connectivity index (χ1v) is 11.6. The van der Waals surface area contributed by atoms with Crippen LogP contribution in [0.15, 0.2) is 4.99 Å². The Hall–Kier alpha value is -1.00. The maximum Gasteiger partial charge on any atom is 0.251 e. The highest BCUT2D eigenvalue weighted by Crippen LogP contribution is 2.25. The van der Waals surface area contributed by atoms with E-state index in [1.807, 2.05) is 6.92 Å². The van der Waals surface area contributed by atoms with E-state index in [4.69, 9.17) is 0 Å². The topological polar surface area (TPSA) is 85.8 Å². The number of nitrogens with zero attached hydrogens (tertiary/aromatic N) is 2. The van der Waals surface area contributed by atoms with Crippen LogP contribution in [0, 0.1) is 5.92 Å². The molecule has 1 heterocycles. The van der Waals surface area contributed by atoms with Crippen LogP contribution in [0.3, 0.4) is 0 Å². The molecule has 2 fully saturated rings. The standard InChI is InChI=1S/C17H33F2N5O2S/c1-2-20-17(23-15-6-9-24(10-7-15)13-16(18)19)21-8-11-27(25,26)22-12-14-4-3-5-14/h14-16,22H,2-13H2,1H3,(H2,20,21,23). The van der Waals surface area contributed by atoms with E-state index >= 15 is 0 Å². The fourth-order valence-corrected chi connectivity index (χ4v) is 4.23. The second kappa shape index (κ2) is 11.1. The first kappa shape index (κ1) is 22.3. The third-order valence-corrected chi connectivity index (χ3v) is 6.44. The molecule has 1 aliphatic heterocycles. The van der Waals surface area contributed by atoms with E-state index in [2.05, 4.69) is 20.3 Å². The van der Waals surface area contributed by atoms with Crippen molar-refractivity contribution in [2.45, 2.75) is 51.5 Å². The maximum atomic E-state index is 12.4. The Morgan fingerprint density at radius 1 is 1.22 bits per heavy atom. The van der Waals surface area contributed by atoms with Crippen molar-refractivity contribution >= 4 is 16.0 Å². The summed E-state index contributed by atoms with van der Waals surface area (Å²) in [7, 11) is -3.31. The molecule has 158 valence electrons. The molecule has 1 aliphatic carbocycles. The third-order valence-electron chi connectivity index (χ3n) is 5.12. The van der Waals surface area contributed by atoms with Gasteiger partial charge in [0.1, 0.15) is 0 Å². The number of nitrogens with one attached hydrogen (secondary N) is 3. The number of hydrogen-bond acceptors (Lipinski definition) is 4. The number of piperidine rings is 1. The zero-order valence-corrected chi connectivity index (χ0v) is 16.9. The number of rotatable bonds is 10. The van der Waals surface area contributed by atoms with Crippen LogP contribution in [0.1, 0.15) is 39.0 Å². The molecule has 0 unspecified atom stereocenters. The van der Waals surface area contributed by atoms with Crippen LogP contribution >= 0.6 is 0 Å². The molecule has 0 spiro atoms. The summed E-state index contributed by atoms with van der Waals surface area (Å²) < 4.78 is 51.6. The van der Waals surface area contributed by atoms with E-state index in [0.717, 1.165) is 25.7 Å². The first-order chi connectivity index (χ1) is 12.9. The largest absolute Gasteiger partial charge is 0.357 e. The number of hydrogen-bond donors (Lipinski definition) is 3. The molecular weight excluding hydrogens is 376 g/mol. The number of sulfonamides is 1. The van der Waals surface area contributed by atoms with Crippen molar-refractivity contribution in [1.29, 1.82) is 0 Å². The van der Waals surface area contributed by atoms with E-state index in [9.17, 15) is 17.2 Å². The van der Waals surface area contributed by atoms with E-state index in [1.165, 1.54) is 6.42 Å². The van der Waals surface area contributed by atoms with Crippen molar-refractivity contribution in [3.63, 3.8) is 0 Å². The van der Waals surface area contributed by atoms with Gasteiger partial charge >= 0.3 is 0 Å².